The van der Waals surface area contributed by atoms with Crippen LogP contribution in [0.25, 0.3) is 16.9 Å². The number of aromatic nitrogens is 5. The van der Waals surface area contributed by atoms with Gasteiger partial charge in [0.2, 0.25) is 0 Å². The lowest BCUT2D eigenvalue weighted by molar-refractivity contribution is 0.0472. The van der Waals surface area contributed by atoms with Crippen LogP contribution in [0.15, 0.2) is 61.6 Å². The van der Waals surface area contributed by atoms with Crippen molar-refractivity contribution in [2.24, 2.45) is 7.05 Å². The summed E-state index contributed by atoms with van der Waals surface area (Å²) in [6.45, 7) is 0.170. The predicted molar refractivity (Wildman–Crippen MR) is 91.2 cm³/mol. The highest BCUT2D eigenvalue weighted by atomic mass is 16.5. The Morgan fingerprint density at radius 1 is 1.12 bits per heavy atom. The molecular formula is C18H15N5O2. The summed E-state index contributed by atoms with van der Waals surface area (Å²) in [6, 6.07) is 9.02. The van der Waals surface area contributed by atoms with Crippen LogP contribution >= 0.6 is 0 Å². The smallest absolute Gasteiger partial charge is 0.338 e. The highest BCUT2D eigenvalue weighted by molar-refractivity contribution is 5.93. The fourth-order valence-corrected chi connectivity index (χ4v) is 2.58. The number of ether oxygens (including phenoxy) is 1. The first kappa shape index (κ1) is 15.1. The van der Waals surface area contributed by atoms with Crippen molar-refractivity contribution in [1.29, 1.82) is 0 Å². The van der Waals surface area contributed by atoms with Crippen LogP contribution in [0.5, 0.6) is 0 Å². The van der Waals surface area contributed by atoms with Gasteiger partial charge in [-0.3, -0.25) is 4.57 Å². The van der Waals surface area contributed by atoms with Gasteiger partial charge in [-0.25, -0.2) is 19.7 Å². The molecule has 0 bridgehead atoms. The van der Waals surface area contributed by atoms with E-state index in [9.17, 15) is 4.79 Å². The molecule has 0 fully saturated rings. The standard InChI is InChI=1S/C18H15N5O2/c1-22-12-21-15-9-14(2-3-16(15)22)18(24)25-10-13-4-5-20-17(8-13)23-7-6-19-11-23/h2-9,11-12H,10H2,1H3. The zero-order valence-electron chi connectivity index (χ0n) is 13.5. The molecule has 0 saturated carbocycles. The molecule has 4 aromatic rings. The summed E-state index contributed by atoms with van der Waals surface area (Å²) in [6.07, 6.45) is 8.55. The van der Waals surface area contributed by atoms with Gasteiger partial charge in [-0.2, -0.15) is 0 Å². The van der Waals surface area contributed by atoms with Gasteiger partial charge in [-0.15, -0.1) is 0 Å². The largest absolute Gasteiger partial charge is 0.457 e. The maximum Gasteiger partial charge on any atom is 0.338 e. The third-order valence-electron chi connectivity index (χ3n) is 3.91. The van der Waals surface area contributed by atoms with Crippen LogP contribution in [0.1, 0.15) is 15.9 Å². The second-order valence-corrected chi connectivity index (χ2v) is 5.63. The number of imidazole rings is 2. The second kappa shape index (κ2) is 6.20. The molecule has 4 rings (SSSR count). The first-order valence-electron chi connectivity index (χ1n) is 7.72. The summed E-state index contributed by atoms with van der Waals surface area (Å²) in [5, 5.41) is 0. The van der Waals surface area contributed by atoms with Crippen LogP contribution in [0, 0.1) is 0 Å². The van der Waals surface area contributed by atoms with Crippen LogP contribution in [-0.2, 0) is 18.4 Å². The summed E-state index contributed by atoms with van der Waals surface area (Å²) in [5.74, 6) is 0.342. The molecule has 0 atom stereocenters. The van der Waals surface area contributed by atoms with E-state index in [-0.39, 0.29) is 12.6 Å². The number of esters is 1. The molecule has 1 aromatic carbocycles. The lowest BCUT2D eigenvalue weighted by Crippen LogP contribution is -2.06. The summed E-state index contributed by atoms with van der Waals surface area (Å²) in [4.78, 5) is 24.8. The molecule has 0 unspecified atom stereocenters. The fraction of sp³-hybridized carbons (Fsp3) is 0.111. The van der Waals surface area contributed by atoms with E-state index < -0.39 is 0 Å². The molecular weight excluding hydrogens is 318 g/mol. The number of nitrogens with zero attached hydrogens (tertiary/aromatic N) is 5. The summed E-state index contributed by atoms with van der Waals surface area (Å²) >= 11 is 0. The summed E-state index contributed by atoms with van der Waals surface area (Å²) in [5.41, 5.74) is 3.07. The van der Waals surface area contributed by atoms with E-state index in [0.29, 0.717) is 5.56 Å². The lowest BCUT2D eigenvalue weighted by atomic mass is 10.2. The van der Waals surface area contributed by atoms with Gasteiger partial charge in [0.1, 0.15) is 18.8 Å². The van der Waals surface area contributed by atoms with E-state index in [2.05, 4.69) is 15.0 Å². The Bertz CT molecular complexity index is 1040. The Kier molecular flexibility index (Phi) is 3.74. The van der Waals surface area contributed by atoms with Crippen LogP contribution in [0.3, 0.4) is 0 Å². The van der Waals surface area contributed by atoms with Crippen molar-refractivity contribution in [1.82, 2.24) is 24.1 Å². The van der Waals surface area contributed by atoms with E-state index in [4.69, 9.17) is 4.74 Å². The molecule has 0 spiro atoms. The van der Waals surface area contributed by atoms with Crippen molar-refractivity contribution in [2.45, 2.75) is 6.61 Å². The molecule has 3 heterocycles. The Morgan fingerprint density at radius 2 is 2.04 bits per heavy atom. The minimum Gasteiger partial charge on any atom is -0.457 e. The highest BCUT2D eigenvalue weighted by Crippen LogP contribution is 2.15. The molecule has 0 aliphatic carbocycles. The molecule has 0 aliphatic heterocycles. The second-order valence-electron chi connectivity index (χ2n) is 5.63. The SMILES string of the molecule is Cn1cnc2cc(C(=O)OCc3ccnc(-n4ccnc4)c3)ccc21. The van der Waals surface area contributed by atoms with Gasteiger partial charge in [0.15, 0.2) is 0 Å². The number of hydrogen-bond donors (Lipinski definition) is 0. The topological polar surface area (TPSA) is 74.8 Å². The van der Waals surface area contributed by atoms with Crippen LogP contribution in [0.2, 0.25) is 0 Å². The molecule has 3 aromatic heterocycles. The molecule has 7 nitrogen and oxygen atoms in total. The molecule has 124 valence electrons. The number of aryl methyl sites for hydroxylation is 1. The van der Waals surface area contributed by atoms with Crippen molar-refractivity contribution in [3.8, 4) is 5.82 Å². The quantitative estimate of drug-likeness (QED) is 0.537. The van der Waals surface area contributed by atoms with Gasteiger partial charge in [0.25, 0.3) is 0 Å². The van der Waals surface area contributed by atoms with Crippen molar-refractivity contribution >= 4 is 17.0 Å². The van der Waals surface area contributed by atoms with Crippen LogP contribution in [0.4, 0.5) is 0 Å². The van der Waals surface area contributed by atoms with Gasteiger partial charge >= 0.3 is 5.97 Å². The van der Waals surface area contributed by atoms with E-state index >= 15 is 0 Å². The third kappa shape index (κ3) is 2.99. The zero-order valence-corrected chi connectivity index (χ0v) is 13.5. The maximum atomic E-state index is 12.3. The number of carbonyl (C=O) groups is 1. The summed E-state index contributed by atoms with van der Waals surface area (Å²) < 4.78 is 9.11. The van der Waals surface area contributed by atoms with Crippen LogP contribution < -0.4 is 0 Å². The minimum atomic E-state index is -0.381. The Labute approximate surface area is 143 Å². The monoisotopic (exact) mass is 333 g/mol. The Balaban J connectivity index is 1.48. The van der Waals surface area contributed by atoms with E-state index in [1.54, 1.807) is 47.9 Å². The molecule has 0 radical (unpaired) electrons. The number of hydrogen-bond acceptors (Lipinski definition) is 5. The molecule has 7 heteroatoms. The summed E-state index contributed by atoms with van der Waals surface area (Å²) in [7, 11) is 1.91. The highest BCUT2D eigenvalue weighted by Gasteiger charge is 2.10. The van der Waals surface area contributed by atoms with Crippen molar-refractivity contribution in [3.05, 3.63) is 72.7 Å². The maximum absolute atomic E-state index is 12.3. The number of carbonyl (C=O) groups excluding carboxylic acids is 1. The van der Waals surface area contributed by atoms with E-state index in [0.717, 1.165) is 22.4 Å². The fourth-order valence-electron chi connectivity index (χ4n) is 2.58. The first-order valence-corrected chi connectivity index (χ1v) is 7.72. The number of rotatable bonds is 4. The normalized spacial score (nSPS) is 10.9. The lowest BCUT2D eigenvalue weighted by Gasteiger charge is -2.07. The molecule has 0 saturated heterocycles. The van der Waals surface area contributed by atoms with Gasteiger partial charge in [0, 0.05) is 25.6 Å². The third-order valence-corrected chi connectivity index (χ3v) is 3.91. The molecule has 0 aliphatic rings. The molecule has 0 N–H and O–H groups in total. The van der Waals surface area contributed by atoms with E-state index in [1.807, 2.05) is 29.8 Å². The number of benzene rings is 1. The average Bonchev–Trinajstić information content (AvgIpc) is 3.30. The predicted octanol–water partition coefficient (Wildman–Crippen LogP) is 2.51. The first-order chi connectivity index (χ1) is 12.2. The van der Waals surface area contributed by atoms with Crippen molar-refractivity contribution in [3.63, 3.8) is 0 Å². The van der Waals surface area contributed by atoms with Crippen LogP contribution in [-0.4, -0.2) is 30.1 Å². The van der Waals surface area contributed by atoms with Gasteiger partial charge in [-0.05, 0) is 35.9 Å². The Morgan fingerprint density at radius 3 is 2.88 bits per heavy atom. The molecule has 25 heavy (non-hydrogen) atoms. The average molecular weight is 333 g/mol. The van der Waals surface area contributed by atoms with Gasteiger partial charge in [-0.1, -0.05) is 0 Å². The van der Waals surface area contributed by atoms with Crippen molar-refractivity contribution in [2.75, 3.05) is 0 Å². The minimum absolute atomic E-state index is 0.170. The zero-order chi connectivity index (χ0) is 17.2. The molecule has 0 amide bonds. The van der Waals surface area contributed by atoms with Crippen molar-refractivity contribution < 1.29 is 9.53 Å². The van der Waals surface area contributed by atoms with Gasteiger partial charge < -0.3 is 9.30 Å². The Hall–Kier alpha value is -3.48. The number of fused-ring (bicyclic) bond motifs is 1. The number of pyridine rings is 1. The van der Waals surface area contributed by atoms with E-state index in [1.165, 1.54) is 0 Å². The van der Waals surface area contributed by atoms with Gasteiger partial charge in [0.05, 0.1) is 22.9 Å².